The number of methoxy groups -OCH3 is 1. The molecule has 5 nitrogen and oxygen atoms in total. The minimum absolute atomic E-state index is 0.0554. The van der Waals surface area contributed by atoms with Gasteiger partial charge in [-0.25, -0.2) is 0 Å². The predicted molar refractivity (Wildman–Crippen MR) is 118 cm³/mol. The van der Waals surface area contributed by atoms with Gasteiger partial charge in [0.25, 0.3) is 0 Å². The molecule has 30 heavy (non-hydrogen) atoms. The molecule has 0 spiro atoms. The Morgan fingerprint density at radius 3 is 2.57 bits per heavy atom. The topological polar surface area (TPSA) is 61.8 Å². The van der Waals surface area contributed by atoms with Gasteiger partial charge in [-0.05, 0) is 36.5 Å². The van der Waals surface area contributed by atoms with E-state index in [0.29, 0.717) is 13.1 Å². The lowest BCUT2D eigenvalue weighted by molar-refractivity contribution is -0.132. The zero-order chi connectivity index (χ0) is 21.0. The number of carbonyl (C=O) groups is 1. The third kappa shape index (κ3) is 4.37. The maximum absolute atomic E-state index is 13.3. The maximum Gasteiger partial charge on any atom is 0.237 e. The van der Waals surface area contributed by atoms with E-state index in [1.807, 2.05) is 35.2 Å². The number of fused-ring (bicyclic) bond motifs is 1. The Morgan fingerprint density at radius 2 is 1.80 bits per heavy atom. The quantitative estimate of drug-likeness (QED) is 0.769. The van der Waals surface area contributed by atoms with Crippen molar-refractivity contribution in [3.05, 3.63) is 65.2 Å². The van der Waals surface area contributed by atoms with Crippen molar-refractivity contribution in [1.82, 2.24) is 10.2 Å². The van der Waals surface area contributed by atoms with Gasteiger partial charge in [-0.2, -0.15) is 0 Å². The van der Waals surface area contributed by atoms with E-state index in [0.717, 1.165) is 49.0 Å². The lowest BCUT2D eigenvalue weighted by Gasteiger charge is -2.38. The molecule has 2 aliphatic rings. The van der Waals surface area contributed by atoms with Crippen LogP contribution in [0.15, 0.2) is 48.5 Å². The summed E-state index contributed by atoms with van der Waals surface area (Å²) in [6, 6.07) is 16.1. The summed E-state index contributed by atoms with van der Waals surface area (Å²) < 4.78 is 5.63. The van der Waals surface area contributed by atoms with E-state index in [4.69, 9.17) is 4.74 Å². The SMILES string of the molecule is COc1ccccc1[C@@H]1c2ccccc2CCN1C(=O)CNCC1(O)CCCCC1. The smallest absolute Gasteiger partial charge is 0.237 e. The Labute approximate surface area is 179 Å². The second kappa shape index (κ2) is 9.19. The van der Waals surface area contributed by atoms with Crippen molar-refractivity contribution < 1.29 is 14.6 Å². The number of nitrogens with one attached hydrogen (secondary N) is 1. The van der Waals surface area contributed by atoms with Gasteiger partial charge < -0.3 is 20.1 Å². The van der Waals surface area contributed by atoms with Gasteiger partial charge in [0.15, 0.2) is 0 Å². The number of amides is 1. The standard InChI is InChI=1S/C25H32N2O3/c1-30-22-12-6-5-11-21(22)24-20-10-4-3-9-19(20)13-16-27(24)23(28)17-26-18-25(29)14-7-2-8-15-25/h3-6,9-12,24,26,29H,2,7-8,13-18H2,1H3/t24-/m0/s1. The molecular formula is C25H32N2O3. The van der Waals surface area contributed by atoms with Gasteiger partial charge in [-0.1, -0.05) is 61.7 Å². The Hall–Kier alpha value is -2.37. The summed E-state index contributed by atoms with van der Waals surface area (Å²) in [6.07, 6.45) is 5.78. The van der Waals surface area contributed by atoms with Crippen LogP contribution < -0.4 is 10.1 Å². The molecule has 2 aromatic rings. The molecule has 160 valence electrons. The van der Waals surface area contributed by atoms with Crippen LogP contribution in [0.4, 0.5) is 0 Å². The molecule has 1 atom stereocenters. The molecule has 2 N–H and O–H groups in total. The lowest BCUT2D eigenvalue weighted by atomic mass is 9.85. The van der Waals surface area contributed by atoms with Crippen LogP contribution in [-0.2, 0) is 11.2 Å². The van der Waals surface area contributed by atoms with Crippen LogP contribution in [0.3, 0.4) is 0 Å². The van der Waals surface area contributed by atoms with E-state index in [1.54, 1.807) is 7.11 Å². The fraction of sp³-hybridized carbons (Fsp3) is 0.480. The molecule has 1 amide bonds. The van der Waals surface area contributed by atoms with E-state index in [2.05, 4.69) is 23.5 Å². The summed E-state index contributed by atoms with van der Waals surface area (Å²) in [5.41, 5.74) is 2.77. The van der Waals surface area contributed by atoms with Crippen molar-refractivity contribution in [3.63, 3.8) is 0 Å². The molecule has 4 rings (SSSR count). The molecule has 0 aromatic heterocycles. The van der Waals surface area contributed by atoms with Crippen LogP contribution in [-0.4, -0.2) is 48.3 Å². The molecule has 0 saturated heterocycles. The lowest BCUT2D eigenvalue weighted by Crippen LogP contribution is -2.48. The van der Waals surface area contributed by atoms with E-state index >= 15 is 0 Å². The number of benzene rings is 2. The number of nitrogens with zero attached hydrogens (tertiary/aromatic N) is 1. The van der Waals surface area contributed by atoms with Crippen molar-refractivity contribution >= 4 is 5.91 Å². The summed E-state index contributed by atoms with van der Waals surface area (Å²) in [5.74, 6) is 0.848. The van der Waals surface area contributed by atoms with Crippen molar-refractivity contribution in [2.45, 2.75) is 50.2 Å². The van der Waals surface area contributed by atoms with Crippen LogP contribution in [0, 0.1) is 0 Å². The highest BCUT2D eigenvalue weighted by Gasteiger charge is 2.34. The molecule has 0 unspecified atom stereocenters. The molecule has 1 fully saturated rings. The summed E-state index contributed by atoms with van der Waals surface area (Å²) in [4.78, 5) is 15.2. The fourth-order valence-electron chi connectivity index (χ4n) is 4.95. The number of aliphatic hydroxyl groups is 1. The van der Waals surface area contributed by atoms with Gasteiger partial charge in [0.05, 0.1) is 25.3 Å². The van der Waals surface area contributed by atoms with Gasteiger partial charge in [0.1, 0.15) is 5.75 Å². The average Bonchev–Trinajstić information content (AvgIpc) is 2.78. The molecule has 0 radical (unpaired) electrons. The Morgan fingerprint density at radius 1 is 1.10 bits per heavy atom. The normalized spacial score (nSPS) is 20.5. The minimum atomic E-state index is -0.672. The first-order valence-electron chi connectivity index (χ1n) is 11.0. The van der Waals surface area contributed by atoms with Crippen LogP contribution >= 0.6 is 0 Å². The first-order valence-corrected chi connectivity index (χ1v) is 11.0. The van der Waals surface area contributed by atoms with Crippen molar-refractivity contribution in [2.75, 3.05) is 26.7 Å². The van der Waals surface area contributed by atoms with E-state index in [9.17, 15) is 9.90 Å². The van der Waals surface area contributed by atoms with E-state index in [1.165, 1.54) is 12.0 Å². The third-order valence-electron chi connectivity index (χ3n) is 6.55. The zero-order valence-corrected chi connectivity index (χ0v) is 17.8. The predicted octanol–water partition coefficient (Wildman–Crippen LogP) is 3.45. The van der Waals surface area contributed by atoms with Crippen molar-refractivity contribution in [1.29, 1.82) is 0 Å². The summed E-state index contributed by atoms with van der Waals surface area (Å²) >= 11 is 0. The molecule has 1 aliphatic heterocycles. The van der Waals surface area contributed by atoms with Crippen LogP contribution in [0.2, 0.25) is 0 Å². The summed E-state index contributed by atoms with van der Waals surface area (Å²) in [6.45, 7) is 1.38. The van der Waals surface area contributed by atoms with E-state index < -0.39 is 5.60 Å². The van der Waals surface area contributed by atoms with Gasteiger partial charge in [-0.3, -0.25) is 4.79 Å². The molecule has 1 heterocycles. The van der Waals surface area contributed by atoms with Crippen molar-refractivity contribution in [3.8, 4) is 5.75 Å². The summed E-state index contributed by atoms with van der Waals surface area (Å²) in [5, 5.41) is 14.0. The molecule has 2 aromatic carbocycles. The third-order valence-corrected chi connectivity index (χ3v) is 6.55. The highest BCUT2D eigenvalue weighted by atomic mass is 16.5. The van der Waals surface area contributed by atoms with Gasteiger partial charge in [-0.15, -0.1) is 0 Å². The Bertz CT molecular complexity index is 876. The van der Waals surface area contributed by atoms with Gasteiger partial charge >= 0.3 is 0 Å². The minimum Gasteiger partial charge on any atom is -0.496 e. The van der Waals surface area contributed by atoms with Crippen LogP contribution in [0.1, 0.15) is 54.8 Å². The molecule has 5 heteroatoms. The van der Waals surface area contributed by atoms with E-state index in [-0.39, 0.29) is 18.5 Å². The number of hydrogen-bond donors (Lipinski definition) is 2. The zero-order valence-electron chi connectivity index (χ0n) is 17.8. The Kier molecular flexibility index (Phi) is 6.40. The maximum atomic E-state index is 13.3. The molecule has 1 saturated carbocycles. The second-order valence-corrected chi connectivity index (χ2v) is 8.57. The summed E-state index contributed by atoms with van der Waals surface area (Å²) in [7, 11) is 1.67. The first-order chi connectivity index (χ1) is 14.6. The number of hydrogen-bond acceptors (Lipinski definition) is 4. The monoisotopic (exact) mass is 408 g/mol. The van der Waals surface area contributed by atoms with Gasteiger partial charge in [0.2, 0.25) is 5.91 Å². The number of ether oxygens (including phenoxy) is 1. The second-order valence-electron chi connectivity index (χ2n) is 8.57. The number of carbonyl (C=O) groups excluding carboxylic acids is 1. The average molecular weight is 409 g/mol. The van der Waals surface area contributed by atoms with Crippen LogP contribution in [0.25, 0.3) is 0 Å². The largest absolute Gasteiger partial charge is 0.496 e. The van der Waals surface area contributed by atoms with Crippen LogP contribution in [0.5, 0.6) is 5.75 Å². The highest BCUT2D eigenvalue weighted by Crippen LogP contribution is 2.39. The molecular weight excluding hydrogens is 376 g/mol. The molecule has 0 bridgehead atoms. The molecule has 1 aliphatic carbocycles. The number of rotatable bonds is 6. The highest BCUT2D eigenvalue weighted by molar-refractivity contribution is 5.80. The fourth-order valence-corrected chi connectivity index (χ4v) is 4.95. The van der Waals surface area contributed by atoms with Crippen molar-refractivity contribution in [2.24, 2.45) is 0 Å². The first kappa shape index (κ1) is 20.9. The Balaban J connectivity index is 1.54. The number of para-hydroxylation sites is 1. The van der Waals surface area contributed by atoms with Gasteiger partial charge in [0, 0.05) is 18.7 Å².